The number of nitrogens with one attached hydrogen (secondary N) is 1. The molecule has 0 bridgehead atoms. The van der Waals surface area contributed by atoms with Crippen LogP contribution in [-0.2, 0) is 11.2 Å². The molecule has 1 saturated heterocycles. The van der Waals surface area contributed by atoms with Gasteiger partial charge < -0.3 is 10.1 Å². The number of halogens is 2. The fourth-order valence-electron chi connectivity index (χ4n) is 2.70. The molecule has 1 heterocycles. The molecule has 0 saturated carbocycles. The van der Waals surface area contributed by atoms with Crippen LogP contribution in [0.4, 0.5) is 4.39 Å². The van der Waals surface area contributed by atoms with Crippen molar-refractivity contribution in [1.82, 2.24) is 5.32 Å². The first-order valence-electron chi connectivity index (χ1n) is 7.48. The van der Waals surface area contributed by atoms with Crippen LogP contribution in [0.15, 0.2) is 18.2 Å². The van der Waals surface area contributed by atoms with Crippen LogP contribution in [0.3, 0.4) is 0 Å². The van der Waals surface area contributed by atoms with Crippen LogP contribution < -0.4 is 5.32 Å². The van der Waals surface area contributed by atoms with Gasteiger partial charge in [0.1, 0.15) is 5.82 Å². The molecular formula is C16H23ClFNO. The van der Waals surface area contributed by atoms with E-state index in [2.05, 4.69) is 12.2 Å². The predicted octanol–water partition coefficient (Wildman–Crippen LogP) is 3.96. The van der Waals surface area contributed by atoms with Crippen LogP contribution in [0.2, 0.25) is 5.02 Å². The predicted molar refractivity (Wildman–Crippen MR) is 80.8 cm³/mol. The van der Waals surface area contributed by atoms with E-state index in [-0.39, 0.29) is 11.9 Å². The van der Waals surface area contributed by atoms with Crippen molar-refractivity contribution in [3.8, 4) is 0 Å². The molecule has 0 radical (unpaired) electrons. The summed E-state index contributed by atoms with van der Waals surface area (Å²) >= 11 is 6.17. The van der Waals surface area contributed by atoms with E-state index < -0.39 is 0 Å². The number of hydrogen-bond donors (Lipinski definition) is 1. The Morgan fingerprint density at radius 3 is 3.05 bits per heavy atom. The van der Waals surface area contributed by atoms with E-state index in [9.17, 15) is 4.39 Å². The molecule has 1 aromatic rings. The van der Waals surface area contributed by atoms with E-state index in [0.29, 0.717) is 11.1 Å². The van der Waals surface area contributed by atoms with Crippen molar-refractivity contribution in [3.63, 3.8) is 0 Å². The maximum Gasteiger partial charge on any atom is 0.123 e. The molecule has 1 N–H and O–H groups in total. The van der Waals surface area contributed by atoms with Gasteiger partial charge in [0.15, 0.2) is 0 Å². The zero-order valence-electron chi connectivity index (χ0n) is 12.0. The van der Waals surface area contributed by atoms with Gasteiger partial charge in [-0.2, -0.15) is 0 Å². The monoisotopic (exact) mass is 299 g/mol. The number of benzene rings is 1. The van der Waals surface area contributed by atoms with E-state index in [1.54, 1.807) is 12.1 Å². The molecule has 2 nitrogen and oxygen atoms in total. The number of ether oxygens (including phenoxy) is 1. The number of hydrogen-bond acceptors (Lipinski definition) is 2. The second-order valence-electron chi connectivity index (χ2n) is 5.46. The highest BCUT2D eigenvalue weighted by molar-refractivity contribution is 6.31. The topological polar surface area (TPSA) is 21.3 Å². The molecule has 2 atom stereocenters. The molecule has 1 aliphatic heterocycles. The van der Waals surface area contributed by atoms with E-state index in [1.807, 2.05) is 0 Å². The lowest BCUT2D eigenvalue weighted by Crippen LogP contribution is -2.35. The second kappa shape index (κ2) is 7.96. The van der Waals surface area contributed by atoms with Gasteiger partial charge in [-0.25, -0.2) is 4.39 Å². The van der Waals surface area contributed by atoms with Crippen LogP contribution in [0.25, 0.3) is 0 Å². The summed E-state index contributed by atoms with van der Waals surface area (Å²) in [5, 5.41) is 4.17. The summed E-state index contributed by atoms with van der Waals surface area (Å²) in [6, 6.07) is 4.87. The van der Waals surface area contributed by atoms with Crippen molar-refractivity contribution in [2.24, 2.45) is 0 Å². The molecule has 2 unspecified atom stereocenters. The second-order valence-corrected chi connectivity index (χ2v) is 5.87. The van der Waals surface area contributed by atoms with Crippen LogP contribution in [0, 0.1) is 5.82 Å². The van der Waals surface area contributed by atoms with Crippen LogP contribution in [-0.4, -0.2) is 25.3 Å². The number of rotatable bonds is 7. The van der Waals surface area contributed by atoms with Gasteiger partial charge in [0.2, 0.25) is 0 Å². The highest BCUT2D eigenvalue weighted by atomic mass is 35.5. The van der Waals surface area contributed by atoms with Crippen molar-refractivity contribution in [2.45, 2.75) is 51.2 Å². The van der Waals surface area contributed by atoms with Gasteiger partial charge >= 0.3 is 0 Å². The van der Waals surface area contributed by atoms with Gasteiger partial charge in [0, 0.05) is 17.7 Å². The fourth-order valence-corrected chi connectivity index (χ4v) is 2.89. The van der Waals surface area contributed by atoms with Gasteiger partial charge in [-0.05, 0) is 62.4 Å². The zero-order chi connectivity index (χ0) is 14.4. The van der Waals surface area contributed by atoms with Crippen molar-refractivity contribution in [2.75, 3.05) is 13.2 Å². The highest BCUT2D eigenvalue weighted by Crippen LogP contribution is 2.22. The minimum Gasteiger partial charge on any atom is -0.378 e. The first-order valence-corrected chi connectivity index (χ1v) is 7.85. The van der Waals surface area contributed by atoms with Crippen molar-refractivity contribution >= 4 is 11.6 Å². The molecule has 2 rings (SSSR count). The first-order chi connectivity index (χ1) is 9.69. The lowest BCUT2D eigenvalue weighted by Gasteiger charge is -2.22. The van der Waals surface area contributed by atoms with Crippen molar-refractivity contribution in [3.05, 3.63) is 34.6 Å². The minimum absolute atomic E-state index is 0.226. The van der Waals surface area contributed by atoms with E-state index in [0.717, 1.165) is 50.8 Å². The fraction of sp³-hybridized carbons (Fsp3) is 0.625. The van der Waals surface area contributed by atoms with Gasteiger partial charge in [-0.15, -0.1) is 0 Å². The van der Waals surface area contributed by atoms with Gasteiger partial charge in [-0.3, -0.25) is 0 Å². The molecule has 0 aliphatic carbocycles. The van der Waals surface area contributed by atoms with Gasteiger partial charge in [0.05, 0.1) is 6.10 Å². The highest BCUT2D eigenvalue weighted by Gasteiger charge is 2.21. The third kappa shape index (κ3) is 4.72. The lowest BCUT2D eigenvalue weighted by atomic mass is 9.99. The Kier molecular flexibility index (Phi) is 6.27. The lowest BCUT2D eigenvalue weighted by molar-refractivity contribution is 0.0946. The third-order valence-electron chi connectivity index (χ3n) is 3.73. The molecule has 112 valence electrons. The standard InChI is InChI=1S/C16H23ClFNO/c1-2-7-19-14(11-15-4-3-8-20-15)10-12-9-13(18)5-6-16(12)17/h5-6,9,14-15,19H,2-4,7-8,10-11H2,1H3. The van der Waals surface area contributed by atoms with Crippen LogP contribution in [0.5, 0.6) is 0 Å². The van der Waals surface area contributed by atoms with Gasteiger partial charge in [0.25, 0.3) is 0 Å². The molecular weight excluding hydrogens is 277 g/mol. The Morgan fingerprint density at radius 2 is 2.35 bits per heavy atom. The summed E-state index contributed by atoms with van der Waals surface area (Å²) in [6.07, 6.45) is 5.40. The Labute approximate surface area is 125 Å². The Morgan fingerprint density at radius 1 is 1.50 bits per heavy atom. The third-order valence-corrected chi connectivity index (χ3v) is 4.10. The van der Waals surface area contributed by atoms with Crippen LogP contribution >= 0.6 is 11.6 Å². The molecule has 1 aliphatic rings. The molecule has 20 heavy (non-hydrogen) atoms. The molecule has 0 aromatic heterocycles. The maximum absolute atomic E-state index is 13.4. The quantitative estimate of drug-likeness (QED) is 0.823. The molecule has 4 heteroatoms. The Hall–Kier alpha value is -0.640. The molecule has 0 amide bonds. The summed E-state index contributed by atoms with van der Waals surface area (Å²) in [4.78, 5) is 0. The molecule has 1 aromatic carbocycles. The Bertz CT molecular complexity index is 421. The van der Waals surface area contributed by atoms with Crippen molar-refractivity contribution in [1.29, 1.82) is 0 Å². The van der Waals surface area contributed by atoms with E-state index >= 15 is 0 Å². The summed E-state index contributed by atoms with van der Waals surface area (Å²) < 4.78 is 19.1. The van der Waals surface area contributed by atoms with Crippen LogP contribution in [0.1, 0.15) is 38.2 Å². The summed E-state index contributed by atoms with van der Waals surface area (Å²) in [7, 11) is 0. The van der Waals surface area contributed by atoms with Gasteiger partial charge in [-0.1, -0.05) is 18.5 Å². The average molecular weight is 300 g/mol. The SMILES string of the molecule is CCCNC(Cc1cc(F)ccc1Cl)CC1CCCO1. The molecule has 1 fully saturated rings. The largest absolute Gasteiger partial charge is 0.378 e. The van der Waals surface area contributed by atoms with E-state index in [4.69, 9.17) is 16.3 Å². The average Bonchev–Trinajstić information content (AvgIpc) is 2.93. The zero-order valence-corrected chi connectivity index (χ0v) is 12.8. The summed E-state index contributed by atoms with van der Waals surface area (Å²) in [6.45, 7) is 3.97. The Balaban J connectivity index is 1.99. The first kappa shape index (κ1) is 15.7. The van der Waals surface area contributed by atoms with Crippen molar-refractivity contribution < 1.29 is 9.13 Å². The summed E-state index contributed by atoms with van der Waals surface area (Å²) in [5.74, 6) is -0.226. The minimum atomic E-state index is -0.226. The normalized spacial score (nSPS) is 20.2. The molecule has 0 spiro atoms. The smallest absolute Gasteiger partial charge is 0.123 e. The maximum atomic E-state index is 13.4. The summed E-state index contributed by atoms with van der Waals surface area (Å²) in [5.41, 5.74) is 0.873. The van der Waals surface area contributed by atoms with E-state index in [1.165, 1.54) is 6.07 Å².